The van der Waals surface area contributed by atoms with Gasteiger partial charge in [0.05, 0.1) is 58.8 Å². The van der Waals surface area contributed by atoms with E-state index in [-0.39, 0.29) is 57.9 Å². The van der Waals surface area contributed by atoms with Gasteiger partial charge in [-0.25, -0.2) is 58.9 Å². The molecular weight excluding hydrogens is 1040 g/mol. The zero-order valence-corrected chi connectivity index (χ0v) is 44.7. The molecular formula is C52H63F4N12O5S3+. The van der Waals surface area contributed by atoms with Crippen molar-refractivity contribution < 1.29 is 44.1 Å². The number of sulfonamides is 2. The van der Waals surface area contributed by atoms with Crippen molar-refractivity contribution in [2.45, 2.75) is 88.5 Å². The van der Waals surface area contributed by atoms with Crippen molar-refractivity contribution in [2.24, 2.45) is 5.41 Å². The van der Waals surface area contributed by atoms with Crippen LogP contribution in [0, 0.1) is 5.41 Å². The fourth-order valence-electron chi connectivity index (χ4n) is 11.2. The van der Waals surface area contributed by atoms with Gasteiger partial charge in [0, 0.05) is 101 Å². The summed E-state index contributed by atoms with van der Waals surface area (Å²) in [5.74, 6) is -3.24. The van der Waals surface area contributed by atoms with Crippen LogP contribution in [0.2, 0.25) is 0 Å². The number of nitrogens with one attached hydrogen (secondary N) is 4. The molecule has 1 atom stereocenters. The fraction of sp³-hybridized carbons (Fsp3) is 0.500. The quantitative estimate of drug-likeness (QED) is 0.0485. The van der Waals surface area contributed by atoms with Crippen molar-refractivity contribution in [3.63, 3.8) is 0 Å². The van der Waals surface area contributed by atoms with Crippen LogP contribution in [0.25, 0.3) is 44.9 Å². The number of aliphatic hydroxyl groups is 1. The maximum absolute atomic E-state index is 14.2. The highest BCUT2D eigenvalue weighted by atomic mass is 32.2. The number of alkyl halides is 4. The first-order valence-corrected chi connectivity index (χ1v) is 30.5. The molecule has 11 rings (SSSR count). The first-order valence-electron chi connectivity index (χ1n) is 26.1. The third-order valence-corrected chi connectivity index (χ3v) is 18.5. The van der Waals surface area contributed by atoms with Gasteiger partial charge in [-0.1, -0.05) is 6.07 Å². The lowest BCUT2D eigenvalue weighted by Crippen LogP contribution is -2.41. The summed E-state index contributed by atoms with van der Waals surface area (Å²) in [6.45, 7) is 3.07. The lowest BCUT2D eigenvalue weighted by atomic mass is 9.93. The zero-order chi connectivity index (χ0) is 53.0. The molecule has 0 radical (unpaired) electrons. The monoisotopic (exact) mass is 1110 g/mol. The van der Waals surface area contributed by atoms with Crippen molar-refractivity contribution in [1.82, 2.24) is 24.9 Å². The average Bonchev–Trinajstić information content (AvgIpc) is 3.70. The normalized spacial score (nSPS) is 20.7. The molecule has 0 bridgehead atoms. The Hall–Kier alpha value is -5.98. The number of aliphatic hydroxyl groups excluding tert-OH is 1. The molecule has 406 valence electrons. The Morgan fingerprint density at radius 2 is 1.34 bits per heavy atom. The first-order chi connectivity index (χ1) is 36.3. The van der Waals surface area contributed by atoms with E-state index in [0.29, 0.717) is 70.2 Å². The second-order valence-electron chi connectivity index (χ2n) is 21.2. The molecule has 4 aromatic heterocycles. The van der Waals surface area contributed by atoms with E-state index in [2.05, 4.69) is 40.0 Å². The van der Waals surface area contributed by atoms with Gasteiger partial charge in [0.25, 0.3) is 17.7 Å². The van der Waals surface area contributed by atoms with Gasteiger partial charge >= 0.3 is 0 Å². The van der Waals surface area contributed by atoms with Gasteiger partial charge in [0.15, 0.2) is 5.01 Å². The van der Waals surface area contributed by atoms with Crippen molar-refractivity contribution >= 4 is 65.8 Å². The van der Waals surface area contributed by atoms with E-state index in [9.17, 15) is 39.5 Å². The molecule has 1 aliphatic carbocycles. The Labute approximate surface area is 443 Å². The van der Waals surface area contributed by atoms with E-state index in [1.165, 1.54) is 24.2 Å². The SMILES string of the molecule is CS(=O)(=O)Nc1ccc(-c2ncc(-c3cccc(N4CCC(F)(F)CC4)n3)[nH]2)c(N2CCCC([n+]3cc(-c4nc(N5CCC(F)(F)CC5)cs4)[nH]c3-c3ccc(NS(=O)(=O)CCO)cc3N3CCC4(CC3)CC4)CC2)c1. The molecule has 5 aliphatic rings. The fourth-order valence-corrected chi connectivity index (χ4v) is 13.4. The molecule has 6 aromatic rings. The highest BCUT2D eigenvalue weighted by Gasteiger charge is 2.45. The number of H-pyrrole nitrogens is 2. The number of pyridine rings is 1. The van der Waals surface area contributed by atoms with Crippen LogP contribution in [0.5, 0.6) is 0 Å². The summed E-state index contributed by atoms with van der Waals surface area (Å²) in [5, 5.41) is 12.1. The van der Waals surface area contributed by atoms with Crippen molar-refractivity contribution in [3.05, 3.63) is 72.4 Å². The lowest BCUT2D eigenvalue weighted by molar-refractivity contribution is -0.712. The summed E-state index contributed by atoms with van der Waals surface area (Å²) in [4.78, 5) is 30.2. The largest absolute Gasteiger partial charge is 0.395 e. The molecule has 24 heteroatoms. The average molecular weight is 1110 g/mol. The van der Waals surface area contributed by atoms with Crippen LogP contribution in [0.3, 0.4) is 0 Å². The first kappa shape index (κ1) is 52.1. The third-order valence-electron chi connectivity index (χ3n) is 15.7. The second kappa shape index (κ2) is 20.4. The van der Waals surface area contributed by atoms with Gasteiger partial charge in [-0.15, -0.1) is 11.3 Å². The summed E-state index contributed by atoms with van der Waals surface area (Å²) in [6, 6.07) is 16.4. The molecule has 1 saturated carbocycles. The van der Waals surface area contributed by atoms with Crippen LogP contribution in [0.4, 0.5) is 51.9 Å². The number of hydrogen-bond donors (Lipinski definition) is 5. The van der Waals surface area contributed by atoms with E-state index in [0.717, 1.165) is 79.0 Å². The lowest BCUT2D eigenvalue weighted by Gasteiger charge is -2.35. The topological polar surface area (TPSA) is 200 Å². The summed E-state index contributed by atoms with van der Waals surface area (Å²) in [5.41, 5.74) is 6.36. The third kappa shape index (κ3) is 11.6. The van der Waals surface area contributed by atoms with Crippen molar-refractivity contribution in [1.29, 1.82) is 0 Å². The number of thiazole rings is 1. The molecule has 5 fully saturated rings. The van der Waals surface area contributed by atoms with E-state index in [1.54, 1.807) is 18.3 Å². The highest BCUT2D eigenvalue weighted by molar-refractivity contribution is 7.92. The number of halogens is 4. The van der Waals surface area contributed by atoms with Crippen molar-refractivity contribution in [3.8, 4) is 44.9 Å². The standard InChI is InChI=1S/C52H62F4N12O5S3/c1-75(70,71)62-35-7-9-38(47-57-32-41(59-47)40-5-2-6-45(58-40)66-24-16-51(53,54)17-25-66)43(30-35)64-20-3-4-37(11-21-64)68-33-42(49-61-46(34-74-49)67-26-18-52(55,56)19-27-67)60-48(68)39-10-8-36(63-76(72,73)29-28-69)31-44(39)65-22-14-50(12-13-50)15-23-65/h2,5-10,30-34,37,69H,3-4,11-29H2,1H3,(H3,57,58,59,60,62,63)/p+1. The van der Waals surface area contributed by atoms with Crippen LogP contribution < -0.4 is 33.6 Å². The predicted octanol–water partition coefficient (Wildman–Crippen LogP) is 8.73. The molecule has 1 spiro atoms. The van der Waals surface area contributed by atoms with Gasteiger partial charge in [0.1, 0.15) is 29.7 Å². The number of aromatic amines is 2. The molecule has 76 heavy (non-hydrogen) atoms. The Balaban J connectivity index is 0.930. The molecule has 0 amide bonds. The molecule has 8 heterocycles. The number of nitrogens with zero attached hydrogens (tertiary/aromatic N) is 8. The van der Waals surface area contributed by atoms with E-state index >= 15 is 0 Å². The minimum atomic E-state index is -3.83. The smallest absolute Gasteiger partial charge is 0.289 e. The molecule has 5 N–H and O–H groups in total. The van der Waals surface area contributed by atoms with E-state index in [1.807, 2.05) is 57.6 Å². The Bertz CT molecular complexity index is 3300. The Morgan fingerprint density at radius 3 is 2.01 bits per heavy atom. The van der Waals surface area contributed by atoms with Crippen LogP contribution in [-0.4, -0.2) is 130 Å². The molecule has 17 nitrogen and oxygen atoms in total. The van der Waals surface area contributed by atoms with Gasteiger partial charge in [-0.2, -0.15) is 0 Å². The molecule has 1 unspecified atom stereocenters. The van der Waals surface area contributed by atoms with Gasteiger partial charge in [-0.3, -0.25) is 9.44 Å². The van der Waals surface area contributed by atoms with E-state index in [4.69, 9.17) is 15.0 Å². The highest BCUT2D eigenvalue weighted by Crippen LogP contribution is 2.54. The summed E-state index contributed by atoms with van der Waals surface area (Å²) >= 11 is 1.44. The van der Waals surface area contributed by atoms with E-state index < -0.39 is 44.3 Å². The summed E-state index contributed by atoms with van der Waals surface area (Å²) in [7, 11) is -7.46. The van der Waals surface area contributed by atoms with Gasteiger partial charge in [-0.05, 0) is 92.5 Å². The minimum absolute atomic E-state index is 0.0686. The predicted molar refractivity (Wildman–Crippen MR) is 289 cm³/mol. The van der Waals surface area contributed by atoms with Gasteiger partial charge in [0.2, 0.25) is 25.7 Å². The maximum Gasteiger partial charge on any atom is 0.289 e. The van der Waals surface area contributed by atoms with Crippen LogP contribution in [-0.2, 0) is 20.0 Å². The number of benzene rings is 2. The Morgan fingerprint density at radius 1 is 0.711 bits per heavy atom. The summed E-state index contributed by atoms with van der Waals surface area (Å²) in [6.07, 6.45) is 10.6. The summed E-state index contributed by atoms with van der Waals surface area (Å²) < 4.78 is 115. The number of piperidine rings is 3. The molecule has 4 aliphatic heterocycles. The molecule has 4 saturated heterocycles. The van der Waals surface area contributed by atoms with Crippen LogP contribution in [0.1, 0.15) is 76.7 Å². The molecule has 2 aromatic carbocycles. The second-order valence-corrected chi connectivity index (χ2v) is 25.6. The Kier molecular flexibility index (Phi) is 14.0. The number of imidazole rings is 2. The van der Waals surface area contributed by atoms with Gasteiger partial charge < -0.3 is 29.7 Å². The van der Waals surface area contributed by atoms with Crippen LogP contribution >= 0.6 is 11.3 Å². The number of rotatable bonds is 15. The minimum Gasteiger partial charge on any atom is -0.395 e. The van der Waals surface area contributed by atoms with Crippen LogP contribution in [0.15, 0.2) is 72.4 Å². The number of anilines is 6. The van der Waals surface area contributed by atoms with Crippen molar-refractivity contribution in [2.75, 3.05) is 100 Å². The maximum atomic E-state index is 14.2. The zero-order valence-electron chi connectivity index (χ0n) is 42.2. The number of aromatic nitrogens is 6. The number of hydrogen-bond acceptors (Lipinski definition) is 13.